The minimum Gasteiger partial charge on any atom is -0.319 e. The van der Waals surface area contributed by atoms with E-state index < -0.39 is 11.7 Å². The van der Waals surface area contributed by atoms with E-state index in [0.29, 0.717) is 12.0 Å². The number of halogens is 3. The SMILES string of the molecule is CNCCC=Cc1cc(C(F)(F)F)ccc1C#N. The minimum atomic E-state index is -4.39. The highest BCUT2D eigenvalue weighted by Crippen LogP contribution is 2.30. The van der Waals surface area contributed by atoms with E-state index in [2.05, 4.69) is 5.32 Å². The first-order valence-corrected chi connectivity index (χ1v) is 5.41. The molecule has 1 aromatic rings. The molecule has 0 saturated carbocycles. The molecule has 5 heteroatoms. The largest absolute Gasteiger partial charge is 0.416 e. The number of hydrogen-bond acceptors (Lipinski definition) is 2. The Hall–Kier alpha value is -1.80. The molecular formula is C13H13F3N2. The number of nitriles is 1. The molecule has 0 amide bonds. The van der Waals surface area contributed by atoms with Gasteiger partial charge in [0, 0.05) is 0 Å². The monoisotopic (exact) mass is 254 g/mol. The summed E-state index contributed by atoms with van der Waals surface area (Å²) in [5, 5.41) is 11.8. The molecule has 1 N–H and O–H groups in total. The van der Waals surface area contributed by atoms with Crippen molar-refractivity contribution < 1.29 is 13.2 Å². The van der Waals surface area contributed by atoms with Crippen LogP contribution in [0.3, 0.4) is 0 Å². The Morgan fingerprint density at radius 2 is 2.11 bits per heavy atom. The summed E-state index contributed by atoms with van der Waals surface area (Å²) >= 11 is 0. The summed E-state index contributed by atoms with van der Waals surface area (Å²) in [6.45, 7) is 0.733. The maximum Gasteiger partial charge on any atom is 0.416 e. The summed E-state index contributed by atoms with van der Waals surface area (Å²) in [5.74, 6) is 0. The molecule has 0 aliphatic rings. The van der Waals surface area contributed by atoms with Gasteiger partial charge in [-0.1, -0.05) is 12.2 Å². The van der Waals surface area contributed by atoms with Crippen molar-refractivity contribution in [3.63, 3.8) is 0 Å². The van der Waals surface area contributed by atoms with Gasteiger partial charge in [0.25, 0.3) is 0 Å². The van der Waals surface area contributed by atoms with Gasteiger partial charge in [0.1, 0.15) is 0 Å². The average molecular weight is 254 g/mol. The standard InChI is InChI=1S/C13H13F3N2/c1-18-7-3-2-4-10-8-12(13(14,15)16)6-5-11(10)9-17/h2,4-6,8,18H,3,7H2,1H3. The van der Waals surface area contributed by atoms with Crippen LogP contribution in [-0.4, -0.2) is 13.6 Å². The van der Waals surface area contributed by atoms with Crippen LogP contribution in [0.5, 0.6) is 0 Å². The number of alkyl halides is 3. The molecule has 96 valence electrons. The zero-order valence-corrected chi connectivity index (χ0v) is 9.88. The van der Waals surface area contributed by atoms with Crippen LogP contribution in [0, 0.1) is 11.3 Å². The minimum absolute atomic E-state index is 0.240. The quantitative estimate of drug-likeness (QED) is 0.837. The molecule has 0 bridgehead atoms. The van der Waals surface area contributed by atoms with Gasteiger partial charge in [-0.15, -0.1) is 0 Å². The van der Waals surface area contributed by atoms with E-state index in [1.54, 1.807) is 19.2 Å². The average Bonchev–Trinajstić information content (AvgIpc) is 2.33. The van der Waals surface area contributed by atoms with Crippen molar-refractivity contribution in [1.29, 1.82) is 5.26 Å². The van der Waals surface area contributed by atoms with Gasteiger partial charge in [-0.2, -0.15) is 18.4 Å². The molecule has 0 spiro atoms. The third kappa shape index (κ3) is 3.90. The first kappa shape index (κ1) is 14.3. The zero-order valence-electron chi connectivity index (χ0n) is 9.88. The molecule has 0 fully saturated rings. The van der Waals surface area contributed by atoms with Crippen molar-refractivity contribution in [1.82, 2.24) is 5.32 Å². The third-order valence-corrected chi connectivity index (χ3v) is 2.36. The highest BCUT2D eigenvalue weighted by atomic mass is 19.4. The van der Waals surface area contributed by atoms with E-state index in [-0.39, 0.29) is 5.56 Å². The summed E-state index contributed by atoms with van der Waals surface area (Å²) in [7, 11) is 1.79. The Morgan fingerprint density at radius 3 is 2.67 bits per heavy atom. The summed E-state index contributed by atoms with van der Waals surface area (Å²) < 4.78 is 37.6. The smallest absolute Gasteiger partial charge is 0.319 e. The predicted molar refractivity (Wildman–Crippen MR) is 63.7 cm³/mol. The lowest BCUT2D eigenvalue weighted by Crippen LogP contribution is -2.06. The van der Waals surface area contributed by atoms with Crippen LogP contribution in [0.4, 0.5) is 13.2 Å². The summed E-state index contributed by atoms with van der Waals surface area (Å²) in [6, 6.07) is 4.99. The van der Waals surface area contributed by atoms with E-state index in [9.17, 15) is 13.2 Å². The van der Waals surface area contributed by atoms with Crippen molar-refractivity contribution in [2.45, 2.75) is 12.6 Å². The Morgan fingerprint density at radius 1 is 1.39 bits per heavy atom. The Labute approximate surface area is 104 Å². The van der Waals surface area contributed by atoms with Gasteiger partial charge in [-0.3, -0.25) is 0 Å². The molecule has 0 unspecified atom stereocenters. The van der Waals surface area contributed by atoms with Gasteiger partial charge < -0.3 is 5.32 Å². The third-order valence-electron chi connectivity index (χ3n) is 2.36. The summed E-state index contributed by atoms with van der Waals surface area (Å²) in [4.78, 5) is 0. The first-order valence-electron chi connectivity index (χ1n) is 5.41. The van der Waals surface area contributed by atoms with Crippen LogP contribution < -0.4 is 5.32 Å². The second kappa shape index (κ2) is 6.22. The van der Waals surface area contributed by atoms with Crippen LogP contribution >= 0.6 is 0 Å². The van der Waals surface area contributed by atoms with Gasteiger partial charge in [0.15, 0.2) is 0 Å². The lowest BCUT2D eigenvalue weighted by Gasteiger charge is -2.08. The number of rotatable bonds is 4. The van der Waals surface area contributed by atoms with Crippen molar-refractivity contribution >= 4 is 6.08 Å². The van der Waals surface area contributed by atoms with Crippen LogP contribution in [0.15, 0.2) is 24.3 Å². The topological polar surface area (TPSA) is 35.8 Å². The van der Waals surface area contributed by atoms with Gasteiger partial charge in [-0.05, 0) is 43.8 Å². The lowest BCUT2D eigenvalue weighted by molar-refractivity contribution is -0.137. The Balaban J connectivity index is 3.01. The van der Waals surface area contributed by atoms with Crippen LogP contribution in [0.1, 0.15) is 23.1 Å². The highest BCUT2D eigenvalue weighted by molar-refractivity contribution is 5.59. The molecule has 0 aliphatic carbocycles. The fourth-order valence-electron chi connectivity index (χ4n) is 1.42. The molecule has 2 nitrogen and oxygen atoms in total. The van der Waals surface area contributed by atoms with E-state index in [1.165, 1.54) is 6.07 Å². The molecule has 0 radical (unpaired) electrons. The second-order valence-corrected chi connectivity index (χ2v) is 3.71. The molecule has 18 heavy (non-hydrogen) atoms. The first-order chi connectivity index (χ1) is 8.49. The molecule has 1 aromatic carbocycles. The van der Waals surface area contributed by atoms with Crippen molar-refractivity contribution in [3.05, 3.63) is 41.0 Å². The number of hydrogen-bond donors (Lipinski definition) is 1. The molecule has 0 saturated heterocycles. The van der Waals surface area contributed by atoms with Crippen LogP contribution in [-0.2, 0) is 6.18 Å². The number of benzene rings is 1. The van der Waals surface area contributed by atoms with Crippen molar-refractivity contribution in [2.75, 3.05) is 13.6 Å². The molecule has 0 atom stereocenters. The van der Waals surface area contributed by atoms with Gasteiger partial charge in [0.05, 0.1) is 17.2 Å². The van der Waals surface area contributed by atoms with Crippen molar-refractivity contribution in [2.24, 2.45) is 0 Å². The second-order valence-electron chi connectivity index (χ2n) is 3.71. The lowest BCUT2D eigenvalue weighted by atomic mass is 10.0. The fourth-order valence-corrected chi connectivity index (χ4v) is 1.42. The van der Waals surface area contributed by atoms with Crippen LogP contribution in [0.25, 0.3) is 6.08 Å². The van der Waals surface area contributed by atoms with E-state index in [4.69, 9.17) is 5.26 Å². The Kier molecular flexibility index (Phi) is 4.93. The number of nitrogens with zero attached hydrogens (tertiary/aromatic N) is 1. The van der Waals surface area contributed by atoms with Crippen LogP contribution in [0.2, 0.25) is 0 Å². The normalized spacial score (nSPS) is 11.7. The van der Waals surface area contributed by atoms with Gasteiger partial charge in [0.2, 0.25) is 0 Å². The molecular weight excluding hydrogens is 241 g/mol. The predicted octanol–water partition coefficient (Wildman–Crippen LogP) is 3.20. The highest BCUT2D eigenvalue weighted by Gasteiger charge is 2.30. The fraction of sp³-hybridized carbons (Fsp3) is 0.308. The summed E-state index contributed by atoms with van der Waals surface area (Å²) in [6.07, 6.45) is -0.406. The molecule has 1 rings (SSSR count). The van der Waals surface area contributed by atoms with Gasteiger partial charge in [-0.25, -0.2) is 0 Å². The molecule has 0 aromatic heterocycles. The Bertz CT molecular complexity index is 470. The molecule has 0 heterocycles. The molecule has 0 aliphatic heterocycles. The zero-order chi connectivity index (χ0) is 13.6. The number of nitrogens with one attached hydrogen (secondary N) is 1. The maximum absolute atomic E-state index is 12.5. The summed E-state index contributed by atoms with van der Waals surface area (Å²) in [5.41, 5.74) is -0.207. The van der Waals surface area contributed by atoms with Gasteiger partial charge >= 0.3 is 6.18 Å². The maximum atomic E-state index is 12.5. The van der Waals surface area contributed by atoms with Crippen molar-refractivity contribution in [3.8, 4) is 6.07 Å². The van der Waals surface area contributed by atoms with E-state index in [1.807, 2.05) is 6.07 Å². The van der Waals surface area contributed by atoms with E-state index in [0.717, 1.165) is 18.7 Å². The van der Waals surface area contributed by atoms with E-state index >= 15 is 0 Å².